The van der Waals surface area contributed by atoms with Crippen LogP contribution in [-0.2, 0) is 19.1 Å². The van der Waals surface area contributed by atoms with Gasteiger partial charge < -0.3 is 14.2 Å². The number of hydrogen-bond donors (Lipinski definition) is 1. The van der Waals surface area contributed by atoms with Crippen molar-refractivity contribution in [3.63, 3.8) is 0 Å². The van der Waals surface area contributed by atoms with E-state index in [2.05, 4.69) is 26.0 Å². The second kappa shape index (κ2) is 10.3. The Kier molecular flexibility index (Phi) is 7.49. The van der Waals surface area contributed by atoms with Gasteiger partial charge in [-0.25, -0.2) is 14.5 Å². The van der Waals surface area contributed by atoms with Crippen LogP contribution in [0.2, 0.25) is 0 Å². The molecule has 1 aliphatic rings. The molecule has 0 bridgehead atoms. The molecule has 0 aliphatic carbocycles. The number of para-hydroxylation sites is 1. The van der Waals surface area contributed by atoms with E-state index in [4.69, 9.17) is 9.47 Å². The molecule has 10 heteroatoms. The fourth-order valence-corrected chi connectivity index (χ4v) is 3.52. The van der Waals surface area contributed by atoms with Gasteiger partial charge in [0.1, 0.15) is 5.57 Å². The number of methoxy groups -OCH3 is 1. The average molecular weight is 517 g/mol. The first kappa shape index (κ1) is 24.0. The molecule has 4 amide bonds. The summed E-state index contributed by atoms with van der Waals surface area (Å²) in [4.78, 5) is 50.4. The molecule has 1 saturated heterocycles. The zero-order valence-corrected chi connectivity index (χ0v) is 19.7. The lowest BCUT2D eigenvalue weighted by molar-refractivity contribution is -0.143. The van der Waals surface area contributed by atoms with Crippen molar-refractivity contribution in [3.05, 3.63) is 57.6 Å². The predicted octanol–water partition coefficient (Wildman–Crippen LogP) is 3.37. The minimum Gasteiger partial charge on any atom is -0.490 e. The number of hydrogen-bond acceptors (Lipinski definition) is 7. The summed E-state index contributed by atoms with van der Waals surface area (Å²) < 4.78 is 16.1. The summed E-state index contributed by atoms with van der Waals surface area (Å²) in [7, 11) is 1.25. The summed E-state index contributed by atoms with van der Waals surface area (Å²) in [5.41, 5.74) is 1.27. The number of urea groups is 1. The third kappa shape index (κ3) is 5.23. The zero-order valence-electron chi connectivity index (χ0n) is 18.1. The molecule has 33 heavy (non-hydrogen) atoms. The van der Waals surface area contributed by atoms with Crippen LogP contribution in [-0.4, -0.2) is 44.1 Å². The maximum absolute atomic E-state index is 13.2. The Hall–Kier alpha value is -3.66. The fraction of sp³-hybridized carbons (Fsp3) is 0.217. The standard InChI is InChI=1S/C23H21BrN2O7/c1-4-32-18-10-14(16(24)11-19(18)33-12-20(27)31-3)9-15-21(28)25-23(30)26(22(15)29)17-8-6-5-7-13(17)2/h5-11H,4,12H2,1-3H3,(H,25,28,30)/b15-9+. The molecule has 0 spiro atoms. The van der Waals surface area contributed by atoms with Crippen LogP contribution in [0.5, 0.6) is 11.5 Å². The Balaban J connectivity index is 2.01. The average Bonchev–Trinajstić information content (AvgIpc) is 2.78. The van der Waals surface area contributed by atoms with Gasteiger partial charge >= 0.3 is 12.0 Å². The van der Waals surface area contributed by atoms with Gasteiger partial charge in [-0.1, -0.05) is 34.1 Å². The summed E-state index contributed by atoms with van der Waals surface area (Å²) in [6.07, 6.45) is 1.35. The van der Waals surface area contributed by atoms with Gasteiger partial charge in [0.2, 0.25) is 0 Å². The molecule has 1 N–H and O–H groups in total. The SMILES string of the molecule is CCOc1cc(/C=C2\C(=O)NC(=O)N(c3ccccc3C)C2=O)c(Br)cc1OCC(=O)OC. The molecule has 0 saturated carbocycles. The maximum Gasteiger partial charge on any atom is 0.343 e. The van der Waals surface area contributed by atoms with Gasteiger partial charge in [0.15, 0.2) is 18.1 Å². The topological polar surface area (TPSA) is 111 Å². The van der Waals surface area contributed by atoms with E-state index in [1.54, 1.807) is 50.2 Å². The van der Waals surface area contributed by atoms with E-state index in [-0.39, 0.29) is 17.9 Å². The molecule has 1 fully saturated rings. The Morgan fingerprint density at radius 1 is 1.12 bits per heavy atom. The van der Waals surface area contributed by atoms with Crippen LogP contribution in [0, 0.1) is 6.92 Å². The molecule has 0 radical (unpaired) electrons. The highest BCUT2D eigenvalue weighted by Crippen LogP contribution is 2.35. The van der Waals surface area contributed by atoms with E-state index >= 15 is 0 Å². The second-order valence-electron chi connectivity index (χ2n) is 6.86. The number of carbonyl (C=O) groups excluding carboxylic acids is 4. The number of carbonyl (C=O) groups is 4. The van der Waals surface area contributed by atoms with Gasteiger partial charge in [0, 0.05) is 4.47 Å². The molecular formula is C23H21BrN2O7. The second-order valence-corrected chi connectivity index (χ2v) is 7.72. The van der Waals surface area contributed by atoms with E-state index in [0.29, 0.717) is 33.6 Å². The fourth-order valence-electron chi connectivity index (χ4n) is 3.08. The van der Waals surface area contributed by atoms with Crippen molar-refractivity contribution >= 4 is 51.5 Å². The first-order valence-electron chi connectivity index (χ1n) is 9.89. The number of aryl methyl sites for hydroxylation is 1. The minimum atomic E-state index is -0.822. The van der Waals surface area contributed by atoms with Gasteiger partial charge in [0.25, 0.3) is 11.8 Å². The summed E-state index contributed by atoms with van der Waals surface area (Å²) >= 11 is 3.39. The first-order chi connectivity index (χ1) is 15.8. The van der Waals surface area contributed by atoms with E-state index in [9.17, 15) is 19.2 Å². The Morgan fingerprint density at radius 3 is 2.48 bits per heavy atom. The van der Waals surface area contributed by atoms with Gasteiger partial charge in [-0.2, -0.15) is 0 Å². The Bertz CT molecular complexity index is 1160. The molecule has 0 unspecified atom stereocenters. The normalized spacial score (nSPS) is 14.8. The van der Waals surface area contributed by atoms with E-state index in [1.807, 2.05) is 0 Å². The smallest absolute Gasteiger partial charge is 0.343 e. The van der Waals surface area contributed by atoms with Gasteiger partial charge in [-0.3, -0.25) is 14.9 Å². The molecule has 3 rings (SSSR count). The molecule has 2 aromatic carbocycles. The van der Waals surface area contributed by atoms with Crippen LogP contribution in [0.4, 0.5) is 10.5 Å². The lowest BCUT2D eigenvalue weighted by Crippen LogP contribution is -2.54. The summed E-state index contributed by atoms with van der Waals surface area (Å²) in [6.45, 7) is 3.51. The largest absolute Gasteiger partial charge is 0.490 e. The Labute approximate surface area is 198 Å². The van der Waals surface area contributed by atoms with Crippen molar-refractivity contribution in [2.24, 2.45) is 0 Å². The van der Waals surface area contributed by atoms with Crippen LogP contribution in [0.25, 0.3) is 6.08 Å². The third-order valence-corrected chi connectivity index (χ3v) is 5.38. The number of benzene rings is 2. The number of nitrogens with one attached hydrogen (secondary N) is 1. The highest BCUT2D eigenvalue weighted by Gasteiger charge is 2.37. The lowest BCUT2D eigenvalue weighted by atomic mass is 10.1. The third-order valence-electron chi connectivity index (χ3n) is 4.69. The van der Waals surface area contributed by atoms with Gasteiger partial charge in [-0.15, -0.1) is 0 Å². The van der Waals surface area contributed by atoms with Crippen LogP contribution in [0.3, 0.4) is 0 Å². The number of ether oxygens (including phenoxy) is 3. The van der Waals surface area contributed by atoms with Crippen molar-refractivity contribution in [1.82, 2.24) is 5.32 Å². The van der Waals surface area contributed by atoms with Crippen molar-refractivity contribution < 1.29 is 33.4 Å². The highest BCUT2D eigenvalue weighted by atomic mass is 79.9. The number of anilines is 1. The van der Waals surface area contributed by atoms with Crippen molar-refractivity contribution in [2.45, 2.75) is 13.8 Å². The molecule has 0 aromatic heterocycles. The molecule has 9 nitrogen and oxygen atoms in total. The molecule has 2 aromatic rings. The van der Waals surface area contributed by atoms with Gasteiger partial charge in [-0.05, 0) is 49.2 Å². The van der Waals surface area contributed by atoms with Crippen LogP contribution >= 0.6 is 15.9 Å². The molecule has 0 atom stereocenters. The number of amides is 4. The number of halogens is 1. The predicted molar refractivity (Wildman–Crippen MR) is 123 cm³/mol. The number of nitrogens with zero attached hydrogens (tertiary/aromatic N) is 1. The number of barbiturate groups is 1. The quantitative estimate of drug-likeness (QED) is 0.341. The first-order valence-corrected chi connectivity index (χ1v) is 10.7. The number of imide groups is 2. The summed E-state index contributed by atoms with van der Waals surface area (Å²) in [5.74, 6) is -1.57. The maximum atomic E-state index is 13.2. The monoisotopic (exact) mass is 516 g/mol. The molecule has 1 heterocycles. The number of esters is 1. The van der Waals surface area contributed by atoms with Gasteiger partial charge in [0.05, 0.1) is 19.4 Å². The minimum absolute atomic E-state index is 0.232. The zero-order chi connectivity index (χ0) is 24.1. The number of rotatable bonds is 7. The molecule has 1 aliphatic heterocycles. The van der Waals surface area contributed by atoms with Crippen molar-refractivity contribution in [2.75, 3.05) is 25.2 Å². The van der Waals surface area contributed by atoms with E-state index < -0.39 is 23.8 Å². The Morgan fingerprint density at radius 2 is 1.82 bits per heavy atom. The summed E-state index contributed by atoms with van der Waals surface area (Å²) in [6, 6.07) is 9.14. The van der Waals surface area contributed by atoms with Crippen LogP contribution in [0.1, 0.15) is 18.1 Å². The van der Waals surface area contributed by atoms with Crippen LogP contribution < -0.4 is 19.7 Å². The highest BCUT2D eigenvalue weighted by molar-refractivity contribution is 9.10. The van der Waals surface area contributed by atoms with Crippen LogP contribution in [0.15, 0.2) is 46.4 Å². The van der Waals surface area contributed by atoms with E-state index in [1.165, 1.54) is 13.2 Å². The van der Waals surface area contributed by atoms with E-state index in [0.717, 1.165) is 4.90 Å². The summed E-state index contributed by atoms with van der Waals surface area (Å²) in [5, 5.41) is 2.20. The molecule has 172 valence electrons. The van der Waals surface area contributed by atoms with Crippen molar-refractivity contribution in [3.8, 4) is 11.5 Å². The van der Waals surface area contributed by atoms with Crippen molar-refractivity contribution in [1.29, 1.82) is 0 Å². The lowest BCUT2D eigenvalue weighted by Gasteiger charge is -2.27. The molecular weight excluding hydrogens is 496 g/mol.